The molecule has 1 fully saturated rings. The van der Waals surface area contributed by atoms with Crippen LogP contribution in [-0.2, 0) is 16.8 Å². The predicted molar refractivity (Wildman–Crippen MR) is 146 cm³/mol. The van der Waals surface area contributed by atoms with Gasteiger partial charge in [-0.2, -0.15) is 0 Å². The summed E-state index contributed by atoms with van der Waals surface area (Å²) in [5.41, 5.74) is 2.15. The number of carbonyl (C=O) groups is 1. The summed E-state index contributed by atoms with van der Waals surface area (Å²) < 4.78 is 8.72. The lowest BCUT2D eigenvalue weighted by atomic mass is 9.92. The molecule has 37 heavy (non-hydrogen) atoms. The zero-order chi connectivity index (χ0) is 25.6. The number of hydrogen-bond acceptors (Lipinski definition) is 5. The Bertz CT molecular complexity index is 1620. The molecule has 1 unspecified atom stereocenters. The molecule has 188 valence electrons. The standard InChI is InChI=1S/C29H27BrN4O3/c1-19-15-21(30)8-9-25(19)34-18-27(31-32-34)29(36)11-4-13-33(14-12-29)28(35)17-22-16-24-23-6-3-2-5-20(23)7-10-26(24)37-22/h2-3,5-10,15-16,18,36H,4,11-14,17H2,1H3. The Morgan fingerprint density at radius 2 is 1.95 bits per heavy atom. The van der Waals surface area contributed by atoms with E-state index in [1.54, 1.807) is 10.9 Å². The SMILES string of the molecule is Cc1cc(Br)ccc1-n1cc(C2(O)CCCN(C(=O)Cc3cc4c(ccc5ccccc54)o3)CC2)nn1. The maximum atomic E-state index is 13.2. The van der Waals surface area contributed by atoms with Crippen LogP contribution >= 0.6 is 15.9 Å². The van der Waals surface area contributed by atoms with Gasteiger partial charge >= 0.3 is 0 Å². The average molecular weight is 559 g/mol. The van der Waals surface area contributed by atoms with Crippen LogP contribution in [0.15, 0.2) is 75.8 Å². The van der Waals surface area contributed by atoms with Crippen LogP contribution in [0.25, 0.3) is 27.4 Å². The van der Waals surface area contributed by atoms with Gasteiger partial charge in [-0.3, -0.25) is 4.79 Å². The minimum atomic E-state index is -1.13. The lowest BCUT2D eigenvalue weighted by Gasteiger charge is -2.24. The average Bonchev–Trinajstić information content (AvgIpc) is 3.49. The molecule has 0 bridgehead atoms. The lowest BCUT2D eigenvalue weighted by Crippen LogP contribution is -2.34. The molecule has 1 aliphatic heterocycles. The number of carbonyl (C=O) groups excluding carboxylic acids is 1. The van der Waals surface area contributed by atoms with E-state index in [4.69, 9.17) is 4.42 Å². The van der Waals surface area contributed by atoms with Gasteiger partial charge in [0.25, 0.3) is 0 Å². The number of aryl methyl sites for hydroxylation is 1. The first-order valence-corrected chi connectivity index (χ1v) is 13.3. The van der Waals surface area contributed by atoms with E-state index in [1.165, 1.54) is 0 Å². The molecular weight excluding hydrogens is 532 g/mol. The van der Waals surface area contributed by atoms with E-state index in [0.717, 1.165) is 37.5 Å². The minimum absolute atomic E-state index is 0.00162. The first kappa shape index (κ1) is 23.9. The molecule has 5 aromatic rings. The first-order chi connectivity index (χ1) is 17.9. The fourth-order valence-corrected chi connectivity index (χ4v) is 5.76. The van der Waals surface area contributed by atoms with Gasteiger partial charge in [0.05, 0.1) is 18.3 Å². The zero-order valence-electron chi connectivity index (χ0n) is 20.5. The molecule has 3 heterocycles. The van der Waals surface area contributed by atoms with E-state index < -0.39 is 5.60 Å². The molecule has 1 amide bonds. The number of benzene rings is 3. The van der Waals surface area contributed by atoms with Gasteiger partial charge < -0.3 is 14.4 Å². The molecule has 8 heteroatoms. The smallest absolute Gasteiger partial charge is 0.230 e. The highest BCUT2D eigenvalue weighted by Gasteiger charge is 2.36. The van der Waals surface area contributed by atoms with Gasteiger partial charge in [0.1, 0.15) is 22.6 Å². The summed E-state index contributed by atoms with van der Waals surface area (Å²) >= 11 is 3.49. The highest BCUT2D eigenvalue weighted by atomic mass is 79.9. The van der Waals surface area contributed by atoms with Gasteiger partial charge in [0.2, 0.25) is 5.91 Å². The molecular formula is C29H27BrN4O3. The molecule has 2 aromatic heterocycles. The van der Waals surface area contributed by atoms with Gasteiger partial charge in [-0.05, 0) is 72.9 Å². The number of hydrogen-bond donors (Lipinski definition) is 1. The second-order valence-corrected chi connectivity index (χ2v) is 10.7. The summed E-state index contributed by atoms with van der Waals surface area (Å²) in [4.78, 5) is 15.0. The number of likely N-dealkylation sites (tertiary alicyclic amines) is 1. The molecule has 1 aliphatic rings. The van der Waals surface area contributed by atoms with Crippen LogP contribution < -0.4 is 0 Å². The molecule has 1 saturated heterocycles. The molecule has 1 atom stereocenters. The quantitative estimate of drug-likeness (QED) is 0.306. The van der Waals surface area contributed by atoms with Crippen LogP contribution in [0, 0.1) is 6.92 Å². The summed E-state index contributed by atoms with van der Waals surface area (Å²) in [7, 11) is 0. The van der Waals surface area contributed by atoms with Crippen LogP contribution in [0.1, 0.15) is 36.3 Å². The Morgan fingerprint density at radius 3 is 2.81 bits per heavy atom. The summed E-state index contributed by atoms with van der Waals surface area (Å²) in [6, 6.07) is 20.1. The van der Waals surface area contributed by atoms with E-state index in [2.05, 4.69) is 38.4 Å². The zero-order valence-corrected chi connectivity index (χ0v) is 22.1. The van der Waals surface area contributed by atoms with Crippen molar-refractivity contribution in [2.75, 3.05) is 13.1 Å². The van der Waals surface area contributed by atoms with Crippen molar-refractivity contribution < 1.29 is 14.3 Å². The molecule has 0 spiro atoms. The topological polar surface area (TPSA) is 84.4 Å². The Morgan fingerprint density at radius 1 is 1.08 bits per heavy atom. The van der Waals surface area contributed by atoms with Crippen molar-refractivity contribution in [3.8, 4) is 5.69 Å². The van der Waals surface area contributed by atoms with Crippen LogP contribution in [-0.4, -0.2) is 44.0 Å². The number of rotatable bonds is 4. The molecule has 0 saturated carbocycles. The number of halogens is 1. The number of amides is 1. The van der Waals surface area contributed by atoms with Crippen molar-refractivity contribution in [1.82, 2.24) is 19.9 Å². The summed E-state index contributed by atoms with van der Waals surface area (Å²) in [6.07, 6.45) is 3.59. The van der Waals surface area contributed by atoms with Gasteiger partial charge in [-0.1, -0.05) is 51.5 Å². The largest absolute Gasteiger partial charge is 0.461 e. The van der Waals surface area contributed by atoms with E-state index >= 15 is 0 Å². The van der Waals surface area contributed by atoms with Crippen LogP contribution in [0.4, 0.5) is 0 Å². The molecule has 7 nitrogen and oxygen atoms in total. The van der Waals surface area contributed by atoms with E-state index in [9.17, 15) is 9.90 Å². The highest BCUT2D eigenvalue weighted by molar-refractivity contribution is 9.10. The number of aliphatic hydroxyl groups is 1. The predicted octanol–water partition coefficient (Wildman–Crippen LogP) is 5.68. The maximum Gasteiger partial charge on any atom is 0.230 e. The Labute approximate surface area is 222 Å². The molecule has 3 aromatic carbocycles. The van der Waals surface area contributed by atoms with E-state index in [1.807, 2.05) is 60.4 Å². The van der Waals surface area contributed by atoms with Crippen molar-refractivity contribution >= 4 is 43.6 Å². The number of fused-ring (bicyclic) bond motifs is 3. The monoisotopic (exact) mass is 558 g/mol. The van der Waals surface area contributed by atoms with Crippen LogP contribution in [0.2, 0.25) is 0 Å². The summed E-state index contributed by atoms with van der Waals surface area (Å²) in [6.45, 7) is 3.04. The molecule has 1 N–H and O–H groups in total. The van der Waals surface area contributed by atoms with Crippen LogP contribution in [0.3, 0.4) is 0 Å². The Hall–Kier alpha value is -3.49. The number of aromatic nitrogens is 3. The number of furan rings is 1. The lowest BCUT2D eigenvalue weighted by molar-refractivity contribution is -0.130. The van der Waals surface area contributed by atoms with Crippen molar-refractivity contribution in [2.24, 2.45) is 0 Å². The summed E-state index contributed by atoms with van der Waals surface area (Å²) in [5, 5.41) is 23.4. The first-order valence-electron chi connectivity index (χ1n) is 12.5. The van der Waals surface area contributed by atoms with Gasteiger partial charge in [0, 0.05) is 22.9 Å². The fourth-order valence-electron chi connectivity index (χ4n) is 5.29. The molecule has 6 rings (SSSR count). The third-order valence-electron chi connectivity index (χ3n) is 7.34. The van der Waals surface area contributed by atoms with E-state index in [-0.39, 0.29) is 12.3 Å². The Kier molecular flexibility index (Phi) is 6.09. The minimum Gasteiger partial charge on any atom is -0.461 e. The normalized spacial score (nSPS) is 18.4. The van der Waals surface area contributed by atoms with Gasteiger partial charge in [-0.15, -0.1) is 5.10 Å². The van der Waals surface area contributed by atoms with E-state index in [0.29, 0.717) is 43.8 Å². The van der Waals surface area contributed by atoms with Gasteiger partial charge in [0.15, 0.2) is 0 Å². The fraction of sp³-hybridized carbons (Fsp3) is 0.276. The third kappa shape index (κ3) is 4.55. The van der Waals surface area contributed by atoms with Crippen molar-refractivity contribution in [3.63, 3.8) is 0 Å². The maximum absolute atomic E-state index is 13.2. The Balaban J connectivity index is 1.16. The second kappa shape index (κ2) is 9.43. The molecule has 0 radical (unpaired) electrons. The third-order valence-corrected chi connectivity index (χ3v) is 7.84. The van der Waals surface area contributed by atoms with Crippen molar-refractivity contribution in [3.05, 3.63) is 88.4 Å². The summed E-state index contributed by atoms with van der Waals surface area (Å²) in [5.74, 6) is 0.658. The van der Waals surface area contributed by atoms with Crippen molar-refractivity contribution in [1.29, 1.82) is 0 Å². The van der Waals surface area contributed by atoms with Crippen LogP contribution in [0.5, 0.6) is 0 Å². The van der Waals surface area contributed by atoms with Gasteiger partial charge in [-0.25, -0.2) is 4.68 Å². The van der Waals surface area contributed by atoms with Crippen molar-refractivity contribution in [2.45, 2.75) is 38.2 Å². The highest BCUT2D eigenvalue weighted by Crippen LogP contribution is 2.33. The number of nitrogens with zero attached hydrogens (tertiary/aromatic N) is 4. The molecule has 0 aliphatic carbocycles. The second-order valence-electron chi connectivity index (χ2n) is 9.83.